The molecule has 0 spiro atoms. The van der Waals surface area contributed by atoms with Gasteiger partial charge in [-0.3, -0.25) is 4.79 Å². The van der Waals surface area contributed by atoms with Gasteiger partial charge >= 0.3 is 5.97 Å². The van der Waals surface area contributed by atoms with Crippen LogP contribution in [0.3, 0.4) is 0 Å². The lowest BCUT2D eigenvalue weighted by atomic mass is 10.2. The molecule has 0 aliphatic heterocycles. The minimum absolute atomic E-state index is 0.457. The molecule has 0 fully saturated rings. The normalized spacial score (nSPS) is 13.7. The second-order valence-corrected chi connectivity index (χ2v) is 4.71. The van der Waals surface area contributed by atoms with Gasteiger partial charge in [-0.05, 0) is 12.5 Å². The Labute approximate surface area is 109 Å². The second-order valence-electron chi connectivity index (χ2n) is 3.76. The number of amides is 1. The van der Waals surface area contributed by atoms with Crippen LogP contribution in [0.25, 0.3) is 0 Å². The number of nitrogens with one attached hydrogen (secondary N) is 1. The van der Waals surface area contributed by atoms with Gasteiger partial charge in [-0.2, -0.15) is 0 Å². The number of carbonyl (C=O) groups is 2. The molecule has 0 saturated carbocycles. The average Bonchev–Trinajstić information content (AvgIpc) is 2.34. The molecular weight excluding hydrogens is 254 g/mol. The molecule has 1 rings (SSSR count). The molecule has 18 heavy (non-hydrogen) atoms. The van der Waals surface area contributed by atoms with Gasteiger partial charge in [-0.25, -0.2) is 4.79 Å². The summed E-state index contributed by atoms with van der Waals surface area (Å²) in [7, 11) is 0. The van der Waals surface area contributed by atoms with E-state index >= 15 is 0 Å². The first-order chi connectivity index (χ1) is 8.50. The highest BCUT2D eigenvalue weighted by molar-refractivity contribution is 8.12. The van der Waals surface area contributed by atoms with Gasteiger partial charge in [0.1, 0.15) is 0 Å². The van der Waals surface area contributed by atoms with Gasteiger partial charge in [0.2, 0.25) is 0 Å². The van der Waals surface area contributed by atoms with Crippen molar-refractivity contribution in [1.29, 1.82) is 0 Å². The maximum atomic E-state index is 11.5. The van der Waals surface area contributed by atoms with E-state index in [1.165, 1.54) is 6.92 Å². The summed E-state index contributed by atoms with van der Waals surface area (Å²) in [6, 6.07) is 8.09. The van der Waals surface area contributed by atoms with Crippen LogP contribution >= 0.6 is 11.8 Å². The van der Waals surface area contributed by atoms with E-state index in [4.69, 9.17) is 5.11 Å². The molecular formula is C12H15NO4S. The molecule has 0 unspecified atom stereocenters. The first kappa shape index (κ1) is 14.5. The molecule has 1 aromatic carbocycles. The van der Waals surface area contributed by atoms with Crippen LogP contribution in [-0.2, 0) is 10.5 Å². The van der Waals surface area contributed by atoms with Crippen molar-refractivity contribution in [3.63, 3.8) is 0 Å². The number of hydrogen-bond donors (Lipinski definition) is 3. The molecule has 1 amide bonds. The zero-order valence-electron chi connectivity index (χ0n) is 9.87. The van der Waals surface area contributed by atoms with Crippen molar-refractivity contribution >= 4 is 23.0 Å². The molecule has 2 atom stereocenters. The number of aliphatic hydroxyl groups excluding tert-OH is 1. The van der Waals surface area contributed by atoms with Crippen LogP contribution in [0, 0.1) is 0 Å². The van der Waals surface area contributed by atoms with E-state index in [-0.39, 0.29) is 0 Å². The van der Waals surface area contributed by atoms with Gasteiger partial charge in [0.25, 0.3) is 5.24 Å². The topological polar surface area (TPSA) is 86.6 Å². The van der Waals surface area contributed by atoms with E-state index in [0.29, 0.717) is 5.75 Å². The Morgan fingerprint density at radius 3 is 2.44 bits per heavy atom. The van der Waals surface area contributed by atoms with Crippen molar-refractivity contribution in [2.24, 2.45) is 0 Å². The number of aliphatic carboxylic acids is 1. The number of hydrogen-bond acceptors (Lipinski definition) is 4. The molecule has 3 N–H and O–H groups in total. The van der Waals surface area contributed by atoms with Crippen LogP contribution in [0.4, 0.5) is 4.79 Å². The molecule has 5 nitrogen and oxygen atoms in total. The Balaban J connectivity index is 2.44. The lowest BCUT2D eigenvalue weighted by molar-refractivity contribution is -0.141. The predicted molar refractivity (Wildman–Crippen MR) is 69.4 cm³/mol. The zero-order chi connectivity index (χ0) is 13.5. The van der Waals surface area contributed by atoms with E-state index in [0.717, 1.165) is 17.3 Å². The van der Waals surface area contributed by atoms with Crippen LogP contribution in [0.1, 0.15) is 12.5 Å². The van der Waals surface area contributed by atoms with Gasteiger partial charge in [-0.1, -0.05) is 42.1 Å². The number of aliphatic hydroxyl groups is 1. The van der Waals surface area contributed by atoms with E-state index in [1.807, 2.05) is 30.3 Å². The highest BCUT2D eigenvalue weighted by Gasteiger charge is 2.24. The van der Waals surface area contributed by atoms with Crippen molar-refractivity contribution in [2.45, 2.75) is 24.8 Å². The third-order valence-corrected chi connectivity index (χ3v) is 3.09. The van der Waals surface area contributed by atoms with Gasteiger partial charge in [0.15, 0.2) is 6.04 Å². The van der Waals surface area contributed by atoms with E-state index < -0.39 is 23.4 Å². The smallest absolute Gasteiger partial charge is 0.328 e. The highest BCUT2D eigenvalue weighted by Crippen LogP contribution is 2.12. The van der Waals surface area contributed by atoms with Crippen molar-refractivity contribution in [1.82, 2.24) is 5.32 Å². The number of benzene rings is 1. The second kappa shape index (κ2) is 7.03. The van der Waals surface area contributed by atoms with E-state index in [9.17, 15) is 14.7 Å². The summed E-state index contributed by atoms with van der Waals surface area (Å²) in [5.41, 5.74) is 0.974. The fourth-order valence-corrected chi connectivity index (χ4v) is 1.98. The van der Waals surface area contributed by atoms with Crippen molar-refractivity contribution in [2.75, 3.05) is 0 Å². The number of carboxylic acids is 1. The fourth-order valence-electron chi connectivity index (χ4n) is 1.28. The van der Waals surface area contributed by atoms with Crippen LogP contribution in [0.15, 0.2) is 30.3 Å². The lowest BCUT2D eigenvalue weighted by Crippen LogP contribution is -2.46. The highest BCUT2D eigenvalue weighted by atomic mass is 32.2. The van der Waals surface area contributed by atoms with Crippen LogP contribution in [0.5, 0.6) is 0 Å². The molecule has 0 aliphatic rings. The Morgan fingerprint density at radius 1 is 1.33 bits per heavy atom. The Hall–Kier alpha value is -1.53. The lowest BCUT2D eigenvalue weighted by Gasteiger charge is -2.16. The summed E-state index contributed by atoms with van der Waals surface area (Å²) in [6.07, 6.45) is -1.14. The fraction of sp³-hybridized carbons (Fsp3) is 0.333. The maximum Gasteiger partial charge on any atom is 0.328 e. The predicted octanol–water partition coefficient (Wildman–Crippen LogP) is 1.46. The monoisotopic (exact) mass is 269 g/mol. The Bertz CT molecular complexity index is 408. The summed E-state index contributed by atoms with van der Waals surface area (Å²) in [4.78, 5) is 22.3. The largest absolute Gasteiger partial charge is 0.480 e. The molecule has 0 bridgehead atoms. The number of carbonyl (C=O) groups excluding carboxylic acids is 1. The molecule has 0 radical (unpaired) electrons. The third-order valence-electron chi connectivity index (χ3n) is 2.23. The SMILES string of the molecule is C[C@H](O)[C@H](NC(=O)SCc1ccccc1)C(=O)O. The summed E-state index contributed by atoms with van der Waals surface area (Å²) in [6.45, 7) is 1.32. The quantitative estimate of drug-likeness (QED) is 0.753. The van der Waals surface area contributed by atoms with Crippen LogP contribution < -0.4 is 5.32 Å². The van der Waals surface area contributed by atoms with Crippen LogP contribution in [0.2, 0.25) is 0 Å². The summed E-state index contributed by atoms with van der Waals surface area (Å²) in [5.74, 6) is -0.794. The number of thioether (sulfide) groups is 1. The number of carboxylic acid groups (broad SMARTS) is 1. The van der Waals surface area contributed by atoms with Crippen molar-refractivity contribution in [3.05, 3.63) is 35.9 Å². The van der Waals surface area contributed by atoms with Crippen LogP contribution in [-0.4, -0.2) is 33.6 Å². The molecule has 6 heteroatoms. The average molecular weight is 269 g/mol. The Morgan fingerprint density at radius 2 is 1.94 bits per heavy atom. The molecule has 98 valence electrons. The zero-order valence-corrected chi connectivity index (χ0v) is 10.7. The molecule has 0 aromatic heterocycles. The maximum absolute atomic E-state index is 11.5. The van der Waals surface area contributed by atoms with Gasteiger partial charge in [0.05, 0.1) is 6.10 Å². The van der Waals surface area contributed by atoms with Gasteiger partial charge in [-0.15, -0.1) is 0 Å². The standard InChI is InChI=1S/C12H15NO4S/c1-8(14)10(11(15)16)13-12(17)18-7-9-5-3-2-4-6-9/h2-6,8,10,14H,7H2,1H3,(H,13,17)(H,15,16)/t8-,10-/m0/s1. The van der Waals surface area contributed by atoms with Gasteiger partial charge in [0, 0.05) is 5.75 Å². The minimum atomic E-state index is -1.28. The molecule has 1 aromatic rings. The molecule has 0 saturated heterocycles. The summed E-state index contributed by atoms with van der Waals surface area (Å²) >= 11 is 0.968. The number of rotatable bonds is 5. The summed E-state index contributed by atoms with van der Waals surface area (Å²) in [5, 5.41) is 19.8. The van der Waals surface area contributed by atoms with E-state index in [1.54, 1.807) is 0 Å². The first-order valence-electron chi connectivity index (χ1n) is 5.39. The molecule has 0 heterocycles. The van der Waals surface area contributed by atoms with Gasteiger partial charge < -0.3 is 15.5 Å². The van der Waals surface area contributed by atoms with E-state index in [2.05, 4.69) is 5.32 Å². The Kier molecular flexibility index (Phi) is 5.67. The van der Waals surface area contributed by atoms with Crippen molar-refractivity contribution < 1.29 is 19.8 Å². The summed E-state index contributed by atoms with van der Waals surface area (Å²) < 4.78 is 0. The third kappa shape index (κ3) is 4.77. The van der Waals surface area contributed by atoms with Crippen molar-refractivity contribution in [3.8, 4) is 0 Å². The minimum Gasteiger partial charge on any atom is -0.480 e. The first-order valence-corrected chi connectivity index (χ1v) is 6.37. The molecule has 0 aliphatic carbocycles.